The number of pyridine rings is 1. The largest absolute Gasteiger partial charge is 0.491 e. The van der Waals surface area contributed by atoms with E-state index in [1.54, 1.807) is 0 Å². The minimum absolute atomic E-state index is 0.0367. The highest BCUT2D eigenvalue weighted by Crippen LogP contribution is 2.41. The molecule has 6 rings (SSSR count). The summed E-state index contributed by atoms with van der Waals surface area (Å²) in [4.78, 5) is 25.6. The molecule has 4 aliphatic rings. The third-order valence-corrected chi connectivity index (χ3v) is 9.36. The SMILES string of the molecule is C=C(F)C(=O)N1CCN(c2c(C#N)c(OC[C@@H]3CCCN3C)nc3c2CCN(c2cccc4c2OCCC4)C3)C[C@@H]1CC#N. The monoisotopic (exact) mass is 599 g/mol. The van der Waals surface area contributed by atoms with Crippen LogP contribution in [0.3, 0.4) is 0 Å². The second-order valence-corrected chi connectivity index (χ2v) is 12.0. The highest BCUT2D eigenvalue weighted by molar-refractivity contribution is 5.91. The van der Waals surface area contributed by atoms with Crippen molar-refractivity contribution in [2.24, 2.45) is 0 Å². The van der Waals surface area contributed by atoms with Crippen LogP contribution < -0.4 is 19.3 Å². The number of fused-ring (bicyclic) bond motifs is 2. The number of carbonyl (C=O) groups excluding carboxylic acids is 1. The molecule has 1 aromatic carbocycles. The van der Waals surface area contributed by atoms with Gasteiger partial charge in [-0.1, -0.05) is 18.7 Å². The fraction of sp³-hybridized carbons (Fsp3) is 0.515. The second-order valence-electron chi connectivity index (χ2n) is 12.0. The van der Waals surface area contributed by atoms with E-state index in [4.69, 9.17) is 14.5 Å². The molecule has 0 bridgehead atoms. The van der Waals surface area contributed by atoms with E-state index in [0.29, 0.717) is 50.7 Å². The minimum Gasteiger partial charge on any atom is -0.491 e. The number of likely N-dealkylation sites (N-methyl/N-ethyl adjacent to an activating group) is 1. The Bertz CT molecular complexity index is 1530. The van der Waals surface area contributed by atoms with Crippen molar-refractivity contribution < 1.29 is 18.7 Å². The third kappa shape index (κ3) is 5.65. The lowest BCUT2D eigenvalue weighted by atomic mass is 9.96. The molecule has 0 aliphatic carbocycles. The van der Waals surface area contributed by atoms with Crippen molar-refractivity contribution in [2.45, 2.75) is 57.2 Å². The Morgan fingerprint density at radius 3 is 2.77 bits per heavy atom. The molecule has 2 aromatic rings. The Balaban J connectivity index is 1.37. The number of amides is 1. The third-order valence-electron chi connectivity index (χ3n) is 9.36. The first-order chi connectivity index (χ1) is 21.4. The fourth-order valence-corrected chi connectivity index (χ4v) is 7.04. The number of anilines is 2. The number of nitrogens with zero attached hydrogens (tertiary/aromatic N) is 7. The maximum atomic E-state index is 13.9. The molecule has 0 radical (unpaired) electrons. The number of aryl methyl sites for hydroxylation is 1. The van der Waals surface area contributed by atoms with Crippen molar-refractivity contribution in [3.8, 4) is 23.8 Å². The number of ether oxygens (including phenoxy) is 2. The van der Waals surface area contributed by atoms with Crippen LogP contribution in [0.1, 0.15) is 48.1 Å². The van der Waals surface area contributed by atoms with Gasteiger partial charge in [0.1, 0.15) is 24.0 Å². The molecule has 2 fully saturated rings. The van der Waals surface area contributed by atoms with Gasteiger partial charge < -0.3 is 29.1 Å². The summed E-state index contributed by atoms with van der Waals surface area (Å²) < 4.78 is 26.3. The number of benzene rings is 1. The first-order valence-corrected chi connectivity index (χ1v) is 15.4. The van der Waals surface area contributed by atoms with Crippen molar-refractivity contribution in [2.75, 3.05) is 62.8 Å². The summed E-state index contributed by atoms with van der Waals surface area (Å²) in [5, 5.41) is 20.1. The smallest absolute Gasteiger partial charge is 0.282 e. The lowest BCUT2D eigenvalue weighted by Gasteiger charge is -2.43. The summed E-state index contributed by atoms with van der Waals surface area (Å²) in [5.74, 6) is -0.593. The standard InChI is InChI=1S/C33H38FN7O3/c1-22(34)33(42)41-16-15-40(19-24(41)10-12-35)30-26-11-14-39(29-9-3-6-23-7-5-17-43-31(23)29)20-28(26)37-32(27(30)18-36)44-21-25-8-4-13-38(25)2/h3,6,9,24-25H,1,4-5,7-8,10-11,13-17,19-21H2,2H3/t24-,25-/m0/s1. The van der Waals surface area contributed by atoms with Crippen molar-refractivity contribution in [1.82, 2.24) is 14.8 Å². The fourth-order valence-electron chi connectivity index (χ4n) is 7.04. The summed E-state index contributed by atoms with van der Waals surface area (Å²) in [5.41, 5.74) is 5.17. The highest BCUT2D eigenvalue weighted by Gasteiger charge is 2.36. The van der Waals surface area contributed by atoms with Crippen LogP contribution in [0.15, 0.2) is 30.6 Å². The first kappa shape index (κ1) is 29.7. The molecule has 0 saturated carbocycles. The maximum Gasteiger partial charge on any atom is 0.282 e. The summed E-state index contributed by atoms with van der Waals surface area (Å²) in [6.07, 6.45) is 4.80. The van der Waals surface area contributed by atoms with Crippen LogP contribution in [0.2, 0.25) is 0 Å². The number of carbonyl (C=O) groups is 1. The van der Waals surface area contributed by atoms with Crippen molar-refractivity contribution >= 4 is 17.3 Å². The van der Waals surface area contributed by atoms with Gasteiger partial charge in [0.05, 0.1) is 48.8 Å². The van der Waals surface area contributed by atoms with Crippen LogP contribution in [-0.4, -0.2) is 85.8 Å². The Labute approximate surface area is 257 Å². The molecule has 1 amide bonds. The molecule has 44 heavy (non-hydrogen) atoms. The van der Waals surface area contributed by atoms with Crippen molar-refractivity contribution in [1.29, 1.82) is 10.5 Å². The van der Waals surface area contributed by atoms with E-state index in [2.05, 4.69) is 58.7 Å². The molecule has 230 valence electrons. The van der Waals surface area contributed by atoms with Gasteiger partial charge in [-0.3, -0.25) is 4.79 Å². The molecular formula is C33H38FN7O3. The van der Waals surface area contributed by atoms with E-state index >= 15 is 0 Å². The van der Waals surface area contributed by atoms with Gasteiger partial charge >= 0.3 is 0 Å². The van der Waals surface area contributed by atoms with Crippen LogP contribution in [-0.2, 0) is 24.2 Å². The molecule has 5 heterocycles. The van der Waals surface area contributed by atoms with Crippen LogP contribution in [0.25, 0.3) is 0 Å². The zero-order chi connectivity index (χ0) is 30.8. The number of piperazine rings is 1. The number of nitriles is 2. The van der Waals surface area contributed by atoms with Gasteiger partial charge in [0, 0.05) is 37.8 Å². The van der Waals surface area contributed by atoms with Gasteiger partial charge in [0.25, 0.3) is 5.91 Å². The summed E-state index contributed by atoms with van der Waals surface area (Å²) in [6.45, 7) is 7.41. The van der Waals surface area contributed by atoms with E-state index in [-0.39, 0.29) is 25.6 Å². The molecule has 0 N–H and O–H groups in total. The lowest BCUT2D eigenvalue weighted by Crippen LogP contribution is -2.55. The predicted octanol–water partition coefficient (Wildman–Crippen LogP) is 3.73. The second kappa shape index (κ2) is 12.7. The normalized spacial score (nSPS) is 21.5. The van der Waals surface area contributed by atoms with E-state index in [1.165, 1.54) is 10.5 Å². The molecular weight excluding hydrogens is 561 g/mol. The maximum absolute atomic E-state index is 13.9. The van der Waals surface area contributed by atoms with E-state index in [0.717, 1.165) is 60.6 Å². The molecule has 2 atom stereocenters. The predicted molar refractivity (Wildman–Crippen MR) is 163 cm³/mol. The zero-order valence-corrected chi connectivity index (χ0v) is 25.2. The summed E-state index contributed by atoms with van der Waals surface area (Å²) in [7, 11) is 2.08. The molecule has 11 heteroatoms. The van der Waals surface area contributed by atoms with E-state index < -0.39 is 17.8 Å². The van der Waals surface area contributed by atoms with E-state index in [9.17, 15) is 19.7 Å². The Hall–Kier alpha value is -4.35. The molecule has 2 saturated heterocycles. The number of aromatic nitrogens is 1. The van der Waals surface area contributed by atoms with Gasteiger partial charge in [-0.15, -0.1) is 0 Å². The van der Waals surface area contributed by atoms with Crippen LogP contribution in [0, 0.1) is 22.7 Å². The number of halogens is 1. The Morgan fingerprint density at radius 2 is 2.02 bits per heavy atom. The highest BCUT2D eigenvalue weighted by atomic mass is 19.1. The van der Waals surface area contributed by atoms with Crippen LogP contribution >= 0.6 is 0 Å². The number of hydrogen-bond donors (Lipinski definition) is 0. The van der Waals surface area contributed by atoms with Crippen molar-refractivity contribution in [3.63, 3.8) is 0 Å². The summed E-state index contributed by atoms with van der Waals surface area (Å²) in [6, 6.07) is 10.5. The van der Waals surface area contributed by atoms with E-state index in [1.807, 2.05) is 0 Å². The topological polar surface area (TPSA) is 109 Å². The van der Waals surface area contributed by atoms with Gasteiger partial charge in [-0.25, -0.2) is 9.37 Å². The number of likely N-dealkylation sites (tertiary alicyclic amines) is 1. The first-order valence-electron chi connectivity index (χ1n) is 15.4. The van der Waals surface area contributed by atoms with Gasteiger partial charge in [0.2, 0.25) is 5.88 Å². The van der Waals surface area contributed by atoms with Gasteiger partial charge in [-0.2, -0.15) is 10.5 Å². The molecule has 10 nitrogen and oxygen atoms in total. The number of para-hydroxylation sites is 1. The number of rotatable bonds is 7. The van der Waals surface area contributed by atoms with Crippen LogP contribution in [0.4, 0.5) is 15.8 Å². The minimum atomic E-state index is -1.04. The van der Waals surface area contributed by atoms with Crippen molar-refractivity contribution in [3.05, 3.63) is 53.0 Å². The van der Waals surface area contributed by atoms with Crippen LogP contribution in [0.5, 0.6) is 11.6 Å². The number of hydrogen-bond acceptors (Lipinski definition) is 9. The molecule has 4 aliphatic heterocycles. The van der Waals surface area contributed by atoms with Gasteiger partial charge in [-0.05, 0) is 57.3 Å². The lowest BCUT2D eigenvalue weighted by molar-refractivity contribution is -0.131. The molecule has 1 aromatic heterocycles. The average Bonchev–Trinajstić information content (AvgIpc) is 3.46. The zero-order valence-electron chi connectivity index (χ0n) is 25.2. The Kier molecular flexibility index (Phi) is 8.58. The van der Waals surface area contributed by atoms with Gasteiger partial charge in [0.15, 0.2) is 5.83 Å². The molecule has 0 spiro atoms. The average molecular weight is 600 g/mol. The summed E-state index contributed by atoms with van der Waals surface area (Å²) >= 11 is 0. The quantitative estimate of drug-likeness (QED) is 0.440. The Morgan fingerprint density at radius 1 is 1.16 bits per heavy atom. The molecule has 0 unspecified atom stereocenters.